The van der Waals surface area contributed by atoms with Crippen molar-refractivity contribution < 1.29 is 0 Å². The van der Waals surface area contributed by atoms with Crippen LogP contribution in [0.15, 0.2) is 23.2 Å². The summed E-state index contributed by atoms with van der Waals surface area (Å²) >= 11 is 7.86. The first-order valence-corrected chi connectivity index (χ1v) is 6.58. The van der Waals surface area contributed by atoms with Crippen LogP contribution in [-0.2, 0) is 0 Å². The standard InChI is InChI=1S/C12H15ClN2S/c1-8-4-5-9(13)10(6-8)14-11-15-12(2,3)7-16-11/h4-6H,7H2,1-3H3,(H,14,15). The molecule has 4 heteroatoms. The van der Waals surface area contributed by atoms with Crippen LogP contribution >= 0.6 is 23.4 Å². The second-order valence-corrected chi connectivity index (χ2v) is 6.00. The first-order chi connectivity index (χ1) is 7.46. The molecule has 1 aliphatic heterocycles. The molecule has 1 aromatic rings. The van der Waals surface area contributed by atoms with E-state index < -0.39 is 0 Å². The van der Waals surface area contributed by atoms with Crippen LogP contribution < -0.4 is 5.32 Å². The Morgan fingerprint density at radius 3 is 2.81 bits per heavy atom. The molecule has 0 spiro atoms. The zero-order valence-electron chi connectivity index (χ0n) is 9.67. The summed E-state index contributed by atoms with van der Waals surface area (Å²) < 4.78 is 0. The number of aryl methyl sites for hydroxylation is 1. The lowest BCUT2D eigenvalue weighted by Gasteiger charge is -2.10. The molecule has 0 aliphatic carbocycles. The van der Waals surface area contributed by atoms with Crippen LogP contribution in [0.1, 0.15) is 19.4 Å². The van der Waals surface area contributed by atoms with Crippen molar-refractivity contribution in [1.29, 1.82) is 0 Å². The fraction of sp³-hybridized carbons (Fsp3) is 0.417. The van der Waals surface area contributed by atoms with Crippen molar-refractivity contribution >= 4 is 34.2 Å². The molecule has 0 radical (unpaired) electrons. The lowest BCUT2D eigenvalue weighted by Crippen LogP contribution is -2.15. The van der Waals surface area contributed by atoms with Gasteiger partial charge in [-0.15, -0.1) is 0 Å². The molecule has 0 unspecified atom stereocenters. The van der Waals surface area contributed by atoms with E-state index in [1.807, 2.05) is 18.2 Å². The summed E-state index contributed by atoms with van der Waals surface area (Å²) in [6.07, 6.45) is 0. The van der Waals surface area contributed by atoms with E-state index in [4.69, 9.17) is 11.6 Å². The molecule has 2 rings (SSSR count). The number of halogens is 1. The van der Waals surface area contributed by atoms with E-state index in [9.17, 15) is 0 Å². The van der Waals surface area contributed by atoms with Gasteiger partial charge in [0, 0.05) is 5.75 Å². The molecule has 86 valence electrons. The highest BCUT2D eigenvalue weighted by Crippen LogP contribution is 2.30. The number of hydrogen-bond donors (Lipinski definition) is 1. The van der Waals surface area contributed by atoms with Crippen LogP contribution in [0.25, 0.3) is 0 Å². The average molecular weight is 255 g/mol. The van der Waals surface area contributed by atoms with Crippen LogP contribution in [0.3, 0.4) is 0 Å². The van der Waals surface area contributed by atoms with E-state index in [1.54, 1.807) is 11.8 Å². The normalized spacial score (nSPS) is 18.4. The van der Waals surface area contributed by atoms with Crippen molar-refractivity contribution in [2.45, 2.75) is 26.3 Å². The molecular weight excluding hydrogens is 240 g/mol. The maximum absolute atomic E-state index is 6.12. The van der Waals surface area contributed by atoms with Gasteiger partial charge >= 0.3 is 0 Å². The number of thioether (sulfide) groups is 1. The number of aliphatic imine (C=N–C) groups is 1. The molecule has 2 nitrogen and oxygen atoms in total. The van der Waals surface area contributed by atoms with Gasteiger partial charge in [0.2, 0.25) is 0 Å². The Balaban J connectivity index is 2.19. The smallest absolute Gasteiger partial charge is 0.161 e. The molecule has 0 amide bonds. The third kappa shape index (κ3) is 2.71. The van der Waals surface area contributed by atoms with E-state index in [-0.39, 0.29) is 5.54 Å². The summed E-state index contributed by atoms with van der Waals surface area (Å²) in [5.41, 5.74) is 2.16. The van der Waals surface area contributed by atoms with E-state index in [0.717, 1.165) is 21.6 Å². The first-order valence-electron chi connectivity index (χ1n) is 5.22. The van der Waals surface area contributed by atoms with Crippen molar-refractivity contribution in [3.63, 3.8) is 0 Å². The zero-order chi connectivity index (χ0) is 11.8. The Morgan fingerprint density at radius 1 is 1.44 bits per heavy atom. The zero-order valence-corrected chi connectivity index (χ0v) is 11.2. The molecule has 0 atom stereocenters. The lowest BCUT2D eigenvalue weighted by molar-refractivity contribution is 0.605. The van der Waals surface area contributed by atoms with Gasteiger partial charge in [0.15, 0.2) is 5.17 Å². The summed E-state index contributed by atoms with van der Waals surface area (Å²) in [7, 11) is 0. The second-order valence-electron chi connectivity index (χ2n) is 4.63. The van der Waals surface area contributed by atoms with Gasteiger partial charge in [0.25, 0.3) is 0 Å². The number of anilines is 1. The van der Waals surface area contributed by atoms with Crippen molar-refractivity contribution in [2.75, 3.05) is 11.1 Å². The predicted molar refractivity (Wildman–Crippen MR) is 73.8 cm³/mol. The predicted octanol–water partition coefficient (Wildman–Crippen LogP) is 3.94. The van der Waals surface area contributed by atoms with Gasteiger partial charge in [-0.1, -0.05) is 29.4 Å². The first kappa shape index (κ1) is 11.8. The van der Waals surface area contributed by atoms with Crippen molar-refractivity contribution in [3.05, 3.63) is 28.8 Å². The van der Waals surface area contributed by atoms with Gasteiger partial charge in [0.05, 0.1) is 16.2 Å². The second kappa shape index (κ2) is 4.30. The molecule has 0 bridgehead atoms. The molecule has 0 fully saturated rings. The summed E-state index contributed by atoms with van der Waals surface area (Å²) in [5.74, 6) is 1.01. The molecular formula is C12H15ClN2S. The molecule has 0 saturated heterocycles. The average Bonchev–Trinajstić information content (AvgIpc) is 2.52. The third-order valence-electron chi connectivity index (χ3n) is 2.33. The van der Waals surface area contributed by atoms with E-state index >= 15 is 0 Å². The van der Waals surface area contributed by atoms with Gasteiger partial charge < -0.3 is 5.32 Å². The van der Waals surface area contributed by atoms with Crippen LogP contribution in [-0.4, -0.2) is 16.5 Å². The molecule has 1 N–H and O–H groups in total. The van der Waals surface area contributed by atoms with Crippen LogP contribution in [0, 0.1) is 6.92 Å². The highest BCUT2D eigenvalue weighted by Gasteiger charge is 2.25. The quantitative estimate of drug-likeness (QED) is 0.821. The maximum atomic E-state index is 6.12. The number of rotatable bonds is 1. The fourth-order valence-electron chi connectivity index (χ4n) is 1.50. The van der Waals surface area contributed by atoms with Gasteiger partial charge in [0.1, 0.15) is 0 Å². The van der Waals surface area contributed by atoms with Crippen molar-refractivity contribution in [3.8, 4) is 0 Å². The largest absolute Gasteiger partial charge is 0.334 e. The summed E-state index contributed by atoms with van der Waals surface area (Å²) in [5, 5.41) is 4.98. The minimum absolute atomic E-state index is 0.0311. The minimum atomic E-state index is 0.0311. The maximum Gasteiger partial charge on any atom is 0.161 e. The Hall–Kier alpha value is -0.670. The monoisotopic (exact) mass is 254 g/mol. The summed E-state index contributed by atoms with van der Waals surface area (Å²) in [6, 6.07) is 5.95. The Bertz CT molecular complexity index is 441. The molecule has 0 aromatic heterocycles. The summed E-state index contributed by atoms with van der Waals surface area (Å²) in [6.45, 7) is 6.31. The Morgan fingerprint density at radius 2 is 2.19 bits per heavy atom. The highest BCUT2D eigenvalue weighted by molar-refractivity contribution is 8.14. The number of nitrogens with zero attached hydrogens (tertiary/aromatic N) is 1. The van der Waals surface area contributed by atoms with Gasteiger partial charge in [-0.2, -0.15) is 0 Å². The molecule has 1 heterocycles. The van der Waals surface area contributed by atoms with E-state index in [0.29, 0.717) is 0 Å². The van der Waals surface area contributed by atoms with E-state index in [1.165, 1.54) is 5.56 Å². The number of hydrogen-bond acceptors (Lipinski definition) is 3. The van der Waals surface area contributed by atoms with Crippen molar-refractivity contribution in [2.24, 2.45) is 4.99 Å². The Kier molecular flexibility index (Phi) is 3.17. The van der Waals surface area contributed by atoms with E-state index in [2.05, 4.69) is 31.1 Å². The third-order valence-corrected chi connectivity index (χ3v) is 3.98. The minimum Gasteiger partial charge on any atom is -0.334 e. The topological polar surface area (TPSA) is 24.4 Å². The molecule has 1 aliphatic rings. The number of nitrogens with one attached hydrogen (secondary N) is 1. The van der Waals surface area contributed by atoms with Crippen molar-refractivity contribution in [1.82, 2.24) is 0 Å². The lowest BCUT2D eigenvalue weighted by atomic mass is 10.1. The number of amidine groups is 1. The summed E-state index contributed by atoms with van der Waals surface area (Å²) in [4.78, 5) is 4.60. The SMILES string of the molecule is Cc1ccc(Cl)c(NC2=NC(C)(C)CS2)c1. The molecule has 16 heavy (non-hydrogen) atoms. The van der Waals surface area contributed by atoms with Gasteiger partial charge in [-0.3, -0.25) is 4.99 Å². The van der Waals surface area contributed by atoms with Crippen LogP contribution in [0.5, 0.6) is 0 Å². The van der Waals surface area contributed by atoms with Gasteiger partial charge in [-0.05, 0) is 38.5 Å². The molecule has 0 saturated carbocycles. The highest BCUT2D eigenvalue weighted by atomic mass is 35.5. The van der Waals surface area contributed by atoms with Gasteiger partial charge in [-0.25, -0.2) is 0 Å². The van der Waals surface area contributed by atoms with Crippen LogP contribution in [0.2, 0.25) is 5.02 Å². The number of benzene rings is 1. The fourth-order valence-corrected chi connectivity index (χ4v) is 2.71. The Labute approximate surface area is 105 Å². The molecule has 1 aromatic carbocycles. The van der Waals surface area contributed by atoms with Crippen LogP contribution in [0.4, 0.5) is 5.69 Å².